The molecule has 1 N–H and O–H groups in total. The van der Waals surface area contributed by atoms with Crippen molar-refractivity contribution < 1.29 is 14.3 Å². The van der Waals surface area contributed by atoms with Crippen molar-refractivity contribution in [2.75, 3.05) is 12.4 Å². The Morgan fingerprint density at radius 2 is 1.94 bits per heavy atom. The van der Waals surface area contributed by atoms with Crippen LogP contribution in [0.15, 0.2) is 59.1 Å². The molecule has 160 valence electrons. The number of amides is 1. The molecule has 4 aromatic rings. The SMILES string of the molecule is COC(=O)c1c(NC(=O)c2cc(-c3cccc(Br)c3)nc3ccccc23)sc2c1CCC2. The van der Waals surface area contributed by atoms with Gasteiger partial charge in [-0.25, -0.2) is 9.78 Å². The molecule has 1 aliphatic rings. The quantitative estimate of drug-likeness (QED) is 0.332. The molecule has 0 radical (unpaired) electrons. The summed E-state index contributed by atoms with van der Waals surface area (Å²) in [4.78, 5) is 31.9. The summed E-state index contributed by atoms with van der Waals surface area (Å²) in [7, 11) is 1.37. The van der Waals surface area contributed by atoms with Gasteiger partial charge in [0.25, 0.3) is 5.91 Å². The lowest BCUT2D eigenvalue weighted by Gasteiger charge is -2.11. The van der Waals surface area contributed by atoms with Gasteiger partial charge in [0.2, 0.25) is 0 Å². The first-order valence-corrected chi connectivity index (χ1v) is 11.9. The number of hydrogen-bond acceptors (Lipinski definition) is 5. The molecule has 1 amide bonds. The Hall–Kier alpha value is -3.03. The molecule has 2 aromatic heterocycles. The van der Waals surface area contributed by atoms with Crippen LogP contribution < -0.4 is 5.32 Å². The summed E-state index contributed by atoms with van der Waals surface area (Å²) in [5.41, 5.74) is 4.35. The Kier molecular flexibility index (Phi) is 5.53. The highest BCUT2D eigenvalue weighted by Gasteiger charge is 2.28. The summed E-state index contributed by atoms with van der Waals surface area (Å²) in [5, 5.41) is 4.30. The number of nitrogens with zero attached hydrogens (tertiary/aromatic N) is 1. The molecule has 5 rings (SSSR count). The fourth-order valence-corrected chi connectivity index (χ4v) is 5.81. The Balaban J connectivity index is 1.59. The number of para-hydroxylation sites is 1. The van der Waals surface area contributed by atoms with E-state index in [1.165, 1.54) is 18.4 Å². The van der Waals surface area contributed by atoms with Gasteiger partial charge < -0.3 is 10.1 Å². The second kappa shape index (κ2) is 8.48. The number of carbonyl (C=O) groups excluding carboxylic acids is 2. The standard InChI is InChI=1S/C25H19BrN2O3S/c1-31-25(30)22-17-9-5-11-21(17)32-24(22)28-23(29)18-13-20(14-6-4-7-15(26)12-14)27-19-10-3-2-8-16(18)19/h2-4,6-8,10,12-13H,5,9,11H2,1H3,(H,28,29). The normalized spacial score (nSPS) is 12.6. The van der Waals surface area contributed by atoms with Gasteiger partial charge >= 0.3 is 5.97 Å². The second-order valence-corrected chi connectivity index (χ2v) is 9.61. The van der Waals surface area contributed by atoms with Crippen molar-refractivity contribution in [1.29, 1.82) is 0 Å². The number of ether oxygens (including phenoxy) is 1. The van der Waals surface area contributed by atoms with Crippen molar-refractivity contribution in [3.05, 3.63) is 80.6 Å². The summed E-state index contributed by atoms with van der Waals surface area (Å²) in [6.07, 6.45) is 2.77. The van der Waals surface area contributed by atoms with Crippen molar-refractivity contribution >= 4 is 55.0 Å². The van der Waals surface area contributed by atoms with Crippen molar-refractivity contribution in [3.8, 4) is 11.3 Å². The monoisotopic (exact) mass is 506 g/mol. The molecule has 0 spiro atoms. The number of hydrogen-bond donors (Lipinski definition) is 1. The van der Waals surface area contributed by atoms with Crippen molar-refractivity contribution in [2.24, 2.45) is 0 Å². The van der Waals surface area contributed by atoms with Crippen LogP contribution in [-0.4, -0.2) is 24.0 Å². The highest BCUT2D eigenvalue weighted by molar-refractivity contribution is 9.10. The van der Waals surface area contributed by atoms with E-state index in [9.17, 15) is 9.59 Å². The third-order valence-electron chi connectivity index (χ3n) is 5.62. The van der Waals surface area contributed by atoms with E-state index in [2.05, 4.69) is 21.2 Å². The molecule has 2 aromatic carbocycles. The van der Waals surface area contributed by atoms with Crippen LogP contribution in [0.4, 0.5) is 5.00 Å². The smallest absolute Gasteiger partial charge is 0.341 e. The topological polar surface area (TPSA) is 68.3 Å². The minimum Gasteiger partial charge on any atom is -0.465 e. The van der Waals surface area contributed by atoms with E-state index in [4.69, 9.17) is 9.72 Å². The Labute approximate surface area is 197 Å². The molecule has 5 nitrogen and oxygen atoms in total. The fraction of sp³-hybridized carbons (Fsp3) is 0.160. The first kappa shape index (κ1) is 20.8. The van der Waals surface area contributed by atoms with Crippen LogP contribution in [0.1, 0.15) is 37.6 Å². The molecule has 0 aliphatic heterocycles. The maximum Gasteiger partial charge on any atom is 0.341 e. The number of nitrogens with one attached hydrogen (secondary N) is 1. The second-order valence-electron chi connectivity index (χ2n) is 7.59. The minimum atomic E-state index is -0.408. The first-order chi connectivity index (χ1) is 15.5. The number of methoxy groups -OCH3 is 1. The molecule has 0 saturated heterocycles. The van der Waals surface area contributed by atoms with E-state index in [1.807, 2.05) is 48.5 Å². The molecular formula is C25H19BrN2O3S. The van der Waals surface area contributed by atoms with Crippen LogP contribution in [-0.2, 0) is 17.6 Å². The maximum atomic E-state index is 13.5. The van der Waals surface area contributed by atoms with E-state index in [0.717, 1.165) is 50.6 Å². The van der Waals surface area contributed by atoms with E-state index in [-0.39, 0.29) is 5.91 Å². The Morgan fingerprint density at radius 1 is 1.09 bits per heavy atom. The Morgan fingerprint density at radius 3 is 2.75 bits per heavy atom. The molecule has 0 unspecified atom stereocenters. The van der Waals surface area contributed by atoms with Crippen LogP contribution in [0.2, 0.25) is 0 Å². The number of aromatic nitrogens is 1. The number of thiophene rings is 1. The van der Waals surface area contributed by atoms with Gasteiger partial charge in [-0.3, -0.25) is 4.79 Å². The van der Waals surface area contributed by atoms with Gasteiger partial charge in [0, 0.05) is 20.3 Å². The molecule has 0 atom stereocenters. The zero-order valence-electron chi connectivity index (χ0n) is 17.3. The highest BCUT2D eigenvalue weighted by atomic mass is 79.9. The molecule has 0 bridgehead atoms. The molecular weight excluding hydrogens is 488 g/mol. The summed E-state index contributed by atoms with van der Waals surface area (Å²) in [5.74, 6) is -0.681. The van der Waals surface area contributed by atoms with Gasteiger partial charge in [-0.15, -0.1) is 11.3 Å². The number of pyridine rings is 1. The van der Waals surface area contributed by atoms with Crippen LogP contribution in [0.25, 0.3) is 22.2 Å². The van der Waals surface area contributed by atoms with E-state index in [1.54, 1.807) is 6.07 Å². The van der Waals surface area contributed by atoms with Gasteiger partial charge in [-0.1, -0.05) is 46.3 Å². The van der Waals surface area contributed by atoms with Crippen LogP contribution in [0, 0.1) is 0 Å². The summed E-state index contributed by atoms with van der Waals surface area (Å²) in [6, 6.07) is 17.2. The molecule has 32 heavy (non-hydrogen) atoms. The third-order valence-corrected chi connectivity index (χ3v) is 7.32. The minimum absolute atomic E-state index is 0.273. The van der Waals surface area contributed by atoms with Gasteiger partial charge in [-0.2, -0.15) is 0 Å². The molecule has 0 saturated carbocycles. The summed E-state index contributed by atoms with van der Waals surface area (Å²) in [6.45, 7) is 0. The van der Waals surface area contributed by atoms with Crippen molar-refractivity contribution in [1.82, 2.24) is 4.98 Å². The van der Waals surface area contributed by atoms with Crippen molar-refractivity contribution in [3.63, 3.8) is 0 Å². The van der Waals surface area contributed by atoms with Crippen LogP contribution in [0.3, 0.4) is 0 Å². The zero-order chi connectivity index (χ0) is 22.2. The third kappa shape index (κ3) is 3.72. The molecule has 0 fully saturated rings. The van der Waals surface area contributed by atoms with Gasteiger partial charge in [0.05, 0.1) is 29.4 Å². The van der Waals surface area contributed by atoms with Gasteiger partial charge in [-0.05, 0) is 49.1 Å². The number of anilines is 1. The van der Waals surface area contributed by atoms with Gasteiger partial charge in [0.15, 0.2) is 0 Å². The lowest BCUT2D eigenvalue weighted by atomic mass is 10.0. The van der Waals surface area contributed by atoms with Gasteiger partial charge in [0.1, 0.15) is 5.00 Å². The number of carbonyl (C=O) groups is 2. The van der Waals surface area contributed by atoms with E-state index < -0.39 is 5.97 Å². The predicted molar refractivity (Wildman–Crippen MR) is 131 cm³/mol. The van der Waals surface area contributed by atoms with E-state index in [0.29, 0.717) is 21.8 Å². The van der Waals surface area contributed by atoms with E-state index >= 15 is 0 Å². The zero-order valence-corrected chi connectivity index (χ0v) is 19.7. The lowest BCUT2D eigenvalue weighted by Crippen LogP contribution is -2.15. The fourth-order valence-electron chi connectivity index (χ4n) is 4.14. The number of halogens is 1. The number of rotatable bonds is 4. The highest BCUT2D eigenvalue weighted by Crippen LogP contribution is 2.40. The van der Waals surface area contributed by atoms with Crippen LogP contribution >= 0.6 is 27.3 Å². The predicted octanol–water partition coefficient (Wildman–Crippen LogP) is 6.25. The number of esters is 1. The number of fused-ring (bicyclic) bond motifs is 2. The van der Waals surface area contributed by atoms with Crippen molar-refractivity contribution in [2.45, 2.75) is 19.3 Å². The van der Waals surface area contributed by atoms with Crippen LogP contribution in [0.5, 0.6) is 0 Å². The first-order valence-electron chi connectivity index (χ1n) is 10.2. The average Bonchev–Trinajstić information content (AvgIpc) is 3.38. The number of benzene rings is 2. The Bertz CT molecular complexity index is 1380. The molecule has 1 aliphatic carbocycles. The average molecular weight is 507 g/mol. The lowest BCUT2D eigenvalue weighted by molar-refractivity contribution is 0.0601. The molecule has 2 heterocycles. The number of aryl methyl sites for hydroxylation is 1. The summed E-state index contributed by atoms with van der Waals surface area (Å²) < 4.78 is 5.95. The summed E-state index contributed by atoms with van der Waals surface area (Å²) >= 11 is 4.97. The molecule has 7 heteroatoms. The maximum absolute atomic E-state index is 13.5. The largest absolute Gasteiger partial charge is 0.465 e.